The van der Waals surface area contributed by atoms with E-state index in [-0.39, 0.29) is 11.8 Å². The van der Waals surface area contributed by atoms with Gasteiger partial charge in [0.1, 0.15) is 0 Å². The third-order valence-electron chi connectivity index (χ3n) is 4.39. The molecule has 1 aliphatic carbocycles. The van der Waals surface area contributed by atoms with Crippen molar-refractivity contribution in [3.63, 3.8) is 0 Å². The Balaban J connectivity index is 1.92. The molecule has 0 saturated heterocycles. The van der Waals surface area contributed by atoms with E-state index in [1.54, 1.807) is 7.11 Å². The van der Waals surface area contributed by atoms with Crippen molar-refractivity contribution in [1.29, 1.82) is 0 Å². The number of carboxylic acids is 1. The van der Waals surface area contributed by atoms with E-state index < -0.39 is 11.9 Å². The molecule has 6 heteroatoms. The van der Waals surface area contributed by atoms with Gasteiger partial charge < -0.3 is 19.9 Å². The van der Waals surface area contributed by atoms with Gasteiger partial charge in [0.25, 0.3) is 0 Å². The maximum atomic E-state index is 12.3. The molecule has 1 aromatic carbocycles. The fraction of sp³-hybridized carbons (Fsp3) is 0.556. The van der Waals surface area contributed by atoms with Crippen molar-refractivity contribution in [2.75, 3.05) is 13.7 Å². The summed E-state index contributed by atoms with van der Waals surface area (Å²) in [5.41, 5.74) is 0.911. The quantitative estimate of drug-likeness (QED) is 0.800. The molecular formula is C18H25NO5. The fourth-order valence-electron chi connectivity index (χ4n) is 3.08. The summed E-state index contributed by atoms with van der Waals surface area (Å²) >= 11 is 0. The van der Waals surface area contributed by atoms with Crippen LogP contribution in [0.3, 0.4) is 0 Å². The molecule has 0 aromatic heterocycles. The topological polar surface area (TPSA) is 84.9 Å². The summed E-state index contributed by atoms with van der Waals surface area (Å²) in [5, 5.41) is 12.0. The smallest absolute Gasteiger partial charge is 0.306 e. The summed E-state index contributed by atoms with van der Waals surface area (Å²) in [6, 6.07) is 5.55. The van der Waals surface area contributed by atoms with Gasteiger partial charge in [0.2, 0.25) is 5.91 Å². The van der Waals surface area contributed by atoms with E-state index in [4.69, 9.17) is 14.6 Å². The molecule has 1 amide bonds. The lowest BCUT2D eigenvalue weighted by Gasteiger charge is -2.25. The molecule has 24 heavy (non-hydrogen) atoms. The minimum atomic E-state index is -0.802. The molecule has 0 spiro atoms. The molecule has 1 saturated carbocycles. The summed E-state index contributed by atoms with van der Waals surface area (Å²) < 4.78 is 10.8. The molecule has 1 aliphatic rings. The van der Waals surface area contributed by atoms with Crippen molar-refractivity contribution < 1.29 is 24.2 Å². The van der Waals surface area contributed by atoms with Crippen molar-refractivity contribution in [2.24, 2.45) is 11.8 Å². The third-order valence-corrected chi connectivity index (χ3v) is 4.39. The first-order valence-electron chi connectivity index (χ1n) is 8.35. The van der Waals surface area contributed by atoms with Crippen LogP contribution in [0, 0.1) is 11.8 Å². The first kappa shape index (κ1) is 18.1. The molecule has 2 rings (SSSR count). The standard InChI is InChI=1S/C18H25NO5/c1-3-24-15-8-7-12(9-16(15)23-2)11-19-17(20)13-5-4-6-14(10-13)18(21)22/h7-9,13-14H,3-6,10-11H2,1-2H3,(H,19,20)(H,21,22). The van der Waals surface area contributed by atoms with Gasteiger partial charge in [-0.3, -0.25) is 9.59 Å². The Morgan fingerprint density at radius 3 is 2.67 bits per heavy atom. The van der Waals surface area contributed by atoms with Crippen LogP contribution in [0.4, 0.5) is 0 Å². The summed E-state index contributed by atoms with van der Waals surface area (Å²) in [5.74, 6) is -0.194. The SMILES string of the molecule is CCOc1ccc(CNC(=O)C2CCCC(C(=O)O)C2)cc1OC. The van der Waals surface area contributed by atoms with E-state index in [9.17, 15) is 9.59 Å². The number of hydrogen-bond acceptors (Lipinski definition) is 4. The molecule has 2 N–H and O–H groups in total. The fourth-order valence-corrected chi connectivity index (χ4v) is 3.08. The van der Waals surface area contributed by atoms with Gasteiger partial charge in [-0.25, -0.2) is 0 Å². The number of hydrogen-bond donors (Lipinski definition) is 2. The summed E-state index contributed by atoms with van der Waals surface area (Å²) in [4.78, 5) is 23.4. The molecule has 2 unspecified atom stereocenters. The maximum absolute atomic E-state index is 12.3. The molecule has 1 fully saturated rings. The Kier molecular flexibility index (Phi) is 6.46. The highest BCUT2D eigenvalue weighted by molar-refractivity contribution is 5.80. The largest absolute Gasteiger partial charge is 0.493 e. The number of carboxylic acid groups (broad SMARTS) is 1. The Morgan fingerprint density at radius 1 is 1.25 bits per heavy atom. The van der Waals surface area contributed by atoms with Gasteiger partial charge in [-0.05, 0) is 43.9 Å². The van der Waals surface area contributed by atoms with E-state index >= 15 is 0 Å². The first-order valence-corrected chi connectivity index (χ1v) is 8.35. The number of nitrogens with one attached hydrogen (secondary N) is 1. The van der Waals surface area contributed by atoms with Crippen LogP contribution in [0.15, 0.2) is 18.2 Å². The highest BCUT2D eigenvalue weighted by Crippen LogP contribution is 2.30. The van der Waals surface area contributed by atoms with Gasteiger partial charge in [-0.15, -0.1) is 0 Å². The first-order chi connectivity index (χ1) is 11.5. The normalized spacial score (nSPS) is 20.2. The van der Waals surface area contributed by atoms with Crippen molar-refractivity contribution >= 4 is 11.9 Å². The van der Waals surface area contributed by atoms with Crippen molar-refractivity contribution in [1.82, 2.24) is 5.32 Å². The molecule has 0 heterocycles. The number of aliphatic carboxylic acids is 1. The molecule has 6 nitrogen and oxygen atoms in total. The zero-order valence-electron chi connectivity index (χ0n) is 14.2. The lowest BCUT2D eigenvalue weighted by atomic mass is 9.81. The second-order valence-corrected chi connectivity index (χ2v) is 6.03. The van der Waals surface area contributed by atoms with Crippen LogP contribution < -0.4 is 14.8 Å². The number of rotatable bonds is 7. The van der Waals surface area contributed by atoms with E-state index in [0.717, 1.165) is 18.4 Å². The van der Waals surface area contributed by atoms with Gasteiger partial charge in [0.15, 0.2) is 11.5 Å². The third kappa shape index (κ3) is 4.63. The molecule has 0 bridgehead atoms. The predicted octanol–water partition coefficient (Wildman–Crippen LogP) is 2.60. The molecule has 2 atom stereocenters. The van der Waals surface area contributed by atoms with E-state index in [1.165, 1.54) is 0 Å². The predicted molar refractivity (Wildman–Crippen MR) is 89.1 cm³/mol. The van der Waals surface area contributed by atoms with Crippen molar-refractivity contribution in [3.8, 4) is 11.5 Å². The van der Waals surface area contributed by atoms with Crippen LogP contribution in [0.5, 0.6) is 11.5 Å². The summed E-state index contributed by atoms with van der Waals surface area (Å²) in [6.07, 6.45) is 2.62. The van der Waals surface area contributed by atoms with Gasteiger partial charge in [0, 0.05) is 12.5 Å². The van der Waals surface area contributed by atoms with Crippen LogP contribution in [0.25, 0.3) is 0 Å². The average molecular weight is 335 g/mol. The van der Waals surface area contributed by atoms with Crippen LogP contribution >= 0.6 is 0 Å². The second kappa shape index (κ2) is 8.57. The maximum Gasteiger partial charge on any atom is 0.306 e. The molecule has 1 aromatic rings. The summed E-state index contributed by atoms with van der Waals surface area (Å²) in [6.45, 7) is 2.84. The van der Waals surface area contributed by atoms with Gasteiger partial charge in [-0.2, -0.15) is 0 Å². The number of methoxy groups -OCH3 is 1. The van der Waals surface area contributed by atoms with E-state index in [2.05, 4.69) is 5.32 Å². The minimum Gasteiger partial charge on any atom is -0.493 e. The second-order valence-electron chi connectivity index (χ2n) is 6.03. The van der Waals surface area contributed by atoms with Crippen molar-refractivity contribution in [3.05, 3.63) is 23.8 Å². The number of carbonyl (C=O) groups is 2. The molecule has 0 radical (unpaired) electrons. The van der Waals surface area contributed by atoms with Crippen LogP contribution in [0.2, 0.25) is 0 Å². The van der Waals surface area contributed by atoms with Crippen LogP contribution in [0.1, 0.15) is 38.2 Å². The number of amides is 1. The van der Waals surface area contributed by atoms with Gasteiger partial charge >= 0.3 is 5.97 Å². The summed E-state index contributed by atoms with van der Waals surface area (Å²) in [7, 11) is 1.58. The molecule has 132 valence electrons. The van der Waals surface area contributed by atoms with E-state index in [1.807, 2.05) is 25.1 Å². The number of carbonyl (C=O) groups excluding carboxylic acids is 1. The lowest BCUT2D eigenvalue weighted by molar-refractivity contribution is -0.144. The van der Waals surface area contributed by atoms with Crippen molar-refractivity contribution in [2.45, 2.75) is 39.2 Å². The minimum absolute atomic E-state index is 0.0752. The Morgan fingerprint density at radius 2 is 2.00 bits per heavy atom. The average Bonchev–Trinajstić information content (AvgIpc) is 2.60. The van der Waals surface area contributed by atoms with Gasteiger partial charge in [-0.1, -0.05) is 12.5 Å². The Bertz CT molecular complexity index is 587. The van der Waals surface area contributed by atoms with Crippen LogP contribution in [-0.2, 0) is 16.1 Å². The van der Waals surface area contributed by atoms with Gasteiger partial charge in [0.05, 0.1) is 19.6 Å². The highest BCUT2D eigenvalue weighted by Gasteiger charge is 2.30. The van der Waals surface area contributed by atoms with Crippen LogP contribution in [-0.4, -0.2) is 30.7 Å². The lowest BCUT2D eigenvalue weighted by Crippen LogP contribution is -2.35. The monoisotopic (exact) mass is 335 g/mol. The zero-order valence-corrected chi connectivity index (χ0v) is 14.2. The number of benzene rings is 1. The highest BCUT2D eigenvalue weighted by atomic mass is 16.5. The molecule has 0 aliphatic heterocycles. The Labute approximate surface area is 142 Å². The Hall–Kier alpha value is -2.24. The van der Waals surface area contributed by atoms with E-state index in [0.29, 0.717) is 37.5 Å². The zero-order chi connectivity index (χ0) is 17.5. The molecular weight excluding hydrogens is 310 g/mol. The number of ether oxygens (including phenoxy) is 2.